The molecule has 0 saturated heterocycles. The molecule has 0 spiro atoms. The molecule has 1 aliphatic carbocycles. The van der Waals surface area contributed by atoms with Crippen LogP contribution >= 0.6 is 0 Å². The number of aromatic nitrogens is 4. The lowest BCUT2D eigenvalue weighted by Gasteiger charge is -2.25. The Morgan fingerprint density at radius 1 is 1.09 bits per heavy atom. The van der Waals surface area contributed by atoms with Gasteiger partial charge in [-0.3, -0.25) is 29.9 Å². The van der Waals surface area contributed by atoms with E-state index in [1.165, 1.54) is 18.2 Å². The van der Waals surface area contributed by atoms with Gasteiger partial charge in [0.2, 0.25) is 0 Å². The summed E-state index contributed by atoms with van der Waals surface area (Å²) >= 11 is 0. The molecule has 0 amide bonds. The Morgan fingerprint density at radius 2 is 1.73 bits per heavy atom. The highest BCUT2D eigenvalue weighted by molar-refractivity contribution is 5.91. The third kappa shape index (κ3) is 4.20. The standard InChI is InChI=1S/C22H21N5O6/c1-11-17(20(28)25-23-11)19(18-12(2)24-26-21(18)29)13-6-8-16(9-7-13)33-22(30)14-4-3-5-15(10-14)27(31)32/h3-6,8-10,13,19H,7H2,1-2H3,(H2,23,25,28)(H2,24,26,29)/t13-/m1/s1. The van der Waals surface area contributed by atoms with E-state index in [4.69, 9.17) is 4.74 Å². The van der Waals surface area contributed by atoms with Crippen LogP contribution in [0.1, 0.15) is 45.2 Å². The normalized spacial score (nSPS) is 15.5. The number of nitro benzene ring substituents is 1. The number of ether oxygens (including phenoxy) is 1. The lowest BCUT2D eigenvalue weighted by atomic mass is 9.77. The van der Waals surface area contributed by atoms with Crippen molar-refractivity contribution in [2.75, 3.05) is 0 Å². The quantitative estimate of drug-likeness (QED) is 0.255. The molecule has 3 aromatic rings. The van der Waals surface area contributed by atoms with Crippen molar-refractivity contribution < 1.29 is 14.5 Å². The number of allylic oxidation sites excluding steroid dienone is 3. The molecular formula is C22H21N5O6. The fourth-order valence-corrected chi connectivity index (χ4v) is 4.08. The fourth-order valence-electron chi connectivity index (χ4n) is 4.08. The first kappa shape index (κ1) is 21.8. The Kier molecular flexibility index (Phi) is 5.69. The van der Waals surface area contributed by atoms with Crippen LogP contribution in [0.15, 0.2) is 57.8 Å². The third-order valence-corrected chi connectivity index (χ3v) is 5.68. The van der Waals surface area contributed by atoms with Crippen LogP contribution in [0.4, 0.5) is 5.69 Å². The van der Waals surface area contributed by atoms with Crippen LogP contribution in [0.3, 0.4) is 0 Å². The maximum absolute atomic E-state index is 12.5. The average molecular weight is 451 g/mol. The summed E-state index contributed by atoms with van der Waals surface area (Å²) in [5, 5.41) is 21.7. The molecular weight excluding hydrogens is 430 g/mol. The smallest absolute Gasteiger partial charge is 0.343 e. The molecule has 2 heterocycles. The summed E-state index contributed by atoms with van der Waals surface area (Å²) in [6.45, 7) is 3.51. The number of nitrogens with zero attached hydrogens (tertiary/aromatic N) is 1. The fraction of sp³-hybridized carbons (Fsp3) is 0.227. The van der Waals surface area contributed by atoms with Crippen molar-refractivity contribution in [1.82, 2.24) is 20.4 Å². The maximum Gasteiger partial charge on any atom is 0.343 e. The lowest BCUT2D eigenvalue weighted by molar-refractivity contribution is -0.384. The van der Waals surface area contributed by atoms with Crippen molar-refractivity contribution in [3.8, 4) is 0 Å². The molecule has 1 atom stereocenters. The van der Waals surface area contributed by atoms with Gasteiger partial charge in [0.1, 0.15) is 5.76 Å². The summed E-state index contributed by atoms with van der Waals surface area (Å²) in [6, 6.07) is 5.28. The highest BCUT2D eigenvalue weighted by Gasteiger charge is 2.33. The molecule has 2 aromatic heterocycles. The zero-order chi connectivity index (χ0) is 23.7. The molecule has 0 bridgehead atoms. The van der Waals surface area contributed by atoms with Gasteiger partial charge in [0, 0.05) is 40.6 Å². The monoisotopic (exact) mass is 451 g/mol. The van der Waals surface area contributed by atoms with Gasteiger partial charge in [-0.1, -0.05) is 12.1 Å². The number of carbonyl (C=O) groups is 1. The largest absolute Gasteiger partial charge is 0.423 e. The molecule has 0 fully saturated rings. The van der Waals surface area contributed by atoms with Gasteiger partial charge in [-0.2, -0.15) is 0 Å². The molecule has 33 heavy (non-hydrogen) atoms. The van der Waals surface area contributed by atoms with Crippen LogP contribution in [0.2, 0.25) is 0 Å². The lowest BCUT2D eigenvalue weighted by Crippen LogP contribution is -2.25. The van der Waals surface area contributed by atoms with Crippen molar-refractivity contribution in [1.29, 1.82) is 0 Å². The number of carbonyl (C=O) groups excluding carboxylic acids is 1. The van der Waals surface area contributed by atoms with Crippen LogP contribution in [0.25, 0.3) is 0 Å². The van der Waals surface area contributed by atoms with E-state index in [-0.39, 0.29) is 34.0 Å². The first-order valence-corrected chi connectivity index (χ1v) is 10.2. The molecule has 1 aliphatic rings. The molecule has 170 valence electrons. The predicted octanol–water partition coefficient (Wildman–Crippen LogP) is 2.69. The van der Waals surface area contributed by atoms with Gasteiger partial charge in [0.05, 0.1) is 10.5 Å². The van der Waals surface area contributed by atoms with Crippen molar-refractivity contribution >= 4 is 11.7 Å². The van der Waals surface area contributed by atoms with Gasteiger partial charge in [0.25, 0.3) is 16.8 Å². The molecule has 0 radical (unpaired) electrons. The number of H-pyrrole nitrogens is 4. The van der Waals surface area contributed by atoms with E-state index in [9.17, 15) is 24.5 Å². The Hall–Kier alpha value is -4.41. The molecule has 0 aliphatic heterocycles. The Labute approximate surface area is 186 Å². The number of nitrogens with one attached hydrogen (secondary N) is 4. The van der Waals surface area contributed by atoms with Gasteiger partial charge in [-0.15, -0.1) is 0 Å². The summed E-state index contributed by atoms with van der Waals surface area (Å²) < 4.78 is 5.38. The van der Waals surface area contributed by atoms with Gasteiger partial charge < -0.3 is 14.9 Å². The van der Waals surface area contributed by atoms with Crippen LogP contribution in [0, 0.1) is 29.9 Å². The summed E-state index contributed by atoms with van der Waals surface area (Å²) in [5.74, 6) is -1.23. The van der Waals surface area contributed by atoms with E-state index in [0.717, 1.165) is 6.07 Å². The molecule has 1 aromatic carbocycles. The maximum atomic E-state index is 12.5. The van der Waals surface area contributed by atoms with E-state index in [2.05, 4.69) is 20.4 Å². The topological polar surface area (TPSA) is 167 Å². The number of hydrogen-bond donors (Lipinski definition) is 4. The first-order valence-electron chi connectivity index (χ1n) is 10.2. The summed E-state index contributed by atoms with van der Waals surface area (Å²) in [6.07, 6.45) is 5.48. The van der Waals surface area contributed by atoms with Crippen LogP contribution in [-0.4, -0.2) is 31.3 Å². The van der Waals surface area contributed by atoms with Crippen LogP contribution in [0.5, 0.6) is 0 Å². The summed E-state index contributed by atoms with van der Waals surface area (Å²) in [7, 11) is 0. The van der Waals surface area contributed by atoms with E-state index >= 15 is 0 Å². The second kappa shape index (κ2) is 8.61. The second-order valence-electron chi connectivity index (χ2n) is 7.78. The number of non-ortho nitro benzene ring substituents is 1. The molecule has 4 rings (SSSR count). The van der Waals surface area contributed by atoms with Gasteiger partial charge in [0.15, 0.2) is 0 Å². The number of hydrogen-bond acceptors (Lipinski definition) is 6. The number of rotatable bonds is 6. The van der Waals surface area contributed by atoms with Crippen molar-refractivity contribution in [3.63, 3.8) is 0 Å². The minimum absolute atomic E-state index is 0.0578. The highest BCUT2D eigenvalue weighted by atomic mass is 16.6. The molecule has 0 unspecified atom stereocenters. The number of esters is 1. The first-order chi connectivity index (χ1) is 15.8. The van der Waals surface area contributed by atoms with E-state index < -0.39 is 16.8 Å². The molecule has 4 N–H and O–H groups in total. The minimum Gasteiger partial charge on any atom is -0.423 e. The van der Waals surface area contributed by atoms with Crippen molar-refractivity contribution in [2.45, 2.75) is 26.2 Å². The summed E-state index contributed by atoms with van der Waals surface area (Å²) in [4.78, 5) is 47.8. The number of aryl methyl sites for hydroxylation is 2. The second-order valence-corrected chi connectivity index (χ2v) is 7.78. The number of aromatic amines is 4. The van der Waals surface area contributed by atoms with Crippen molar-refractivity contribution in [3.05, 3.63) is 107 Å². The Morgan fingerprint density at radius 3 is 2.21 bits per heavy atom. The Balaban J connectivity index is 1.58. The molecule has 0 saturated carbocycles. The van der Waals surface area contributed by atoms with Gasteiger partial charge in [-0.05, 0) is 44.4 Å². The number of benzene rings is 1. The Bertz CT molecular complexity index is 1350. The SMILES string of the molecule is Cc1[nH][nH]c(=O)c1C(c1c(C)[nH][nH]c1=O)[C@@H]1C=CC(OC(=O)c2cccc([N+](=O)[O-])c2)=CC1. The van der Waals surface area contributed by atoms with E-state index in [0.29, 0.717) is 28.9 Å². The highest BCUT2D eigenvalue weighted by Crippen LogP contribution is 2.36. The van der Waals surface area contributed by atoms with Gasteiger partial charge >= 0.3 is 5.97 Å². The van der Waals surface area contributed by atoms with Gasteiger partial charge in [-0.25, -0.2) is 4.79 Å². The average Bonchev–Trinajstić information content (AvgIpc) is 3.31. The third-order valence-electron chi connectivity index (χ3n) is 5.68. The van der Waals surface area contributed by atoms with E-state index in [1.54, 1.807) is 32.1 Å². The van der Waals surface area contributed by atoms with Crippen LogP contribution < -0.4 is 11.1 Å². The zero-order valence-corrected chi connectivity index (χ0v) is 17.8. The molecule has 11 heteroatoms. The number of nitro groups is 1. The summed E-state index contributed by atoms with van der Waals surface area (Å²) in [5.41, 5.74) is 1.42. The van der Waals surface area contributed by atoms with Crippen molar-refractivity contribution in [2.24, 2.45) is 5.92 Å². The molecule has 11 nitrogen and oxygen atoms in total. The predicted molar refractivity (Wildman–Crippen MR) is 118 cm³/mol. The van der Waals surface area contributed by atoms with E-state index in [1.807, 2.05) is 0 Å². The minimum atomic E-state index is -0.722. The van der Waals surface area contributed by atoms with Crippen LogP contribution in [-0.2, 0) is 4.74 Å². The zero-order valence-electron chi connectivity index (χ0n) is 17.8.